The summed E-state index contributed by atoms with van der Waals surface area (Å²) in [6.07, 6.45) is 3.54. The Morgan fingerprint density at radius 1 is 1.14 bits per heavy atom. The van der Waals surface area contributed by atoms with Crippen molar-refractivity contribution in [2.45, 2.75) is 13.1 Å². The van der Waals surface area contributed by atoms with Gasteiger partial charge in [0.1, 0.15) is 5.75 Å². The number of ether oxygens (including phenoxy) is 1. The molecule has 0 saturated heterocycles. The summed E-state index contributed by atoms with van der Waals surface area (Å²) in [7, 11) is 2.14. The van der Waals surface area contributed by atoms with E-state index in [1.165, 1.54) is 5.56 Å². The van der Waals surface area contributed by atoms with E-state index in [9.17, 15) is 10.0 Å². The smallest absolute Gasteiger partial charge is 0.488 e. The van der Waals surface area contributed by atoms with Gasteiger partial charge >= 0.3 is 7.12 Å². The van der Waals surface area contributed by atoms with E-state index in [0.29, 0.717) is 12.0 Å². The lowest BCUT2D eigenvalue weighted by Crippen LogP contribution is -2.30. The van der Waals surface area contributed by atoms with Gasteiger partial charge in [-0.25, -0.2) is 0 Å². The first kappa shape index (κ1) is 15.5. The van der Waals surface area contributed by atoms with Crippen molar-refractivity contribution in [3.63, 3.8) is 0 Å². The third-order valence-electron chi connectivity index (χ3n) is 3.24. The van der Waals surface area contributed by atoms with E-state index in [2.05, 4.69) is 9.88 Å². The van der Waals surface area contributed by atoms with Gasteiger partial charge in [0.05, 0.1) is 7.11 Å². The fourth-order valence-corrected chi connectivity index (χ4v) is 2.23. The van der Waals surface area contributed by atoms with Crippen LogP contribution in [0.15, 0.2) is 42.7 Å². The summed E-state index contributed by atoms with van der Waals surface area (Å²) in [5, 5.41) is 18.6. The highest BCUT2D eigenvalue weighted by molar-refractivity contribution is 6.58. The van der Waals surface area contributed by atoms with Gasteiger partial charge in [0.2, 0.25) is 0 Å². The number of methoxy groups -OCH3 is 1. The fourth-order valence-electron chi connectivity index (χ4n) is 2.23. The molecule has 0 aliphatic heterocycles. The van der Waals surface area contributed by atoms with Gasteiger partial charge in [0.15, 0.2) is 0 Å². The molecule has 5 nitrogen and oxygen atoms in total. The first-order chi connectivity index (χ1) is 10.1. The molecule has 1 heterocycles. The third-order valence-corrected chi connectivity index (χ3v) is 3.24. The van der Waals surface area contributed by atoms with Crippen molar-refractivity contribution in [3.05, 3.63) is 53.9 Å². The van der Waals surface area contributed by atoms with Crippen molar-refractivity contribution in [1.29, 1.82) is 0 Å². The molecule has 1 aromatic heterocycles. The van der Waals surface area contributed by atoms with Crippen LogP contribution in [0.5, 0.6) is 5.75 Å². The predicted molar refractivity (Wildman–Crippen MR) is 82.2 cm³/mol. The van der Waals surface area contributed by atoms with Crippen molar-refractivity contribution in [3.8, 4) is 5.75 Å². The van der Waals surface area contributed by atoms with E-state index < -0.39 is 7.12 Å². The maximum atomic E-state index is 9.28. The van der Waals surface area contributed by atoms with Crippen molar-refractivity contribution in [2.24, 2.45) is 0 Å². The van der Waals surface area contributed by atoms with Crippen molar-refractivity contribution >= 4 is 12.6 Å². The summed E-state index contributed by atoms with van der Waals surface area (Å²) >= 11 is 0. The largest absolute Gasteiger partial charge is 0.496 e. The lowest BCUT2D eigenvalue weighted by Gasteiger charge is -2.19. The molecular formula is C15H19BN2O3. The molecule has 2 rings (SSSR count). The van der Waals surface area contributed by atoms with Crippen LogP contribution in [0.1, 0.15) is 11.1 Å². The van der Waals surface area contributed by atoms with Gasteiger partial charge in [-0.1, -0.05) is 12.1 Å². The molecule has 0 aliphatic carbocycles. The minimum atomic E-state index is -1.47. The highest BCUT2D eigenvalue weighted by Gasteiger charge is 2.14. The molecule has 0 unspecified atom stereocenters. The molecule has 0 saturated carbocycles. The molecule has 0 amide bonds. The summed E-state index contributed by atoms with van der Waals surface area (Å²) in [6, 6.07) is 9.11. The second-order valence-electron chi connectivity index (χ2n) is 4.97. The zero-order valence-electron chi connectivity index (χ0n) is 12.2. The Kier molecular flexibility index (Phi) is 5.33. The van der Waals surface area contributed by atoms with Gasteiger partial charge in [0, 0.05) is 31.0 Å². The summed E-state index contributed by atoms with van der Waals surface area (Å²) < 4.78 is 5.33. The molecule has 21 heavy (non-hydrogen) atoms. The van der Waals surface area contributed by atoms with Gasteiger partial charge in [-0.3, -0.25) is 9.88 Å². The Balaban J connectivity index is 2.12. The highest BCUT2D eigenvalue weighted by Crippen LogP contribution is 2.19. The van der Waals surface area contributed by atoms with Crippen LogP contribution in [0.2, 0.25) is 0 Å². The van der Waals surface area contributed by atoms with Crippen LogP contribution in [-0.2, 0) is 13.1 Å². The van der Waals surface area contributed by atoms with Gasteiger partial charge in [-0.2, -0.15) is 0 Å². The van der Waals surface area contributed by atoms with Crippen LogP contribution < -0.4 is 10.2 Å². The average molecular weight is 286 g/mol. The molecule has 110 valence electrons. The molecule has 2 N–H and O–H groups in total. The van der Waals surface area contributed by atoms with Crippen LogP contribution in [-0.4, -0.2) is 41.2 Å². The second kappa shape index (κ2) is 7.22. The Labute approximate surface area is 125 Å². The van der Waals surface area contributed by atoms with Crippen LogP contribution in [0.3, 0.4) is 0 Å². The monoisotopic (exact) mass is 286 g/mol. The Bertz CT molecular complexity index is 578. The Morgan fingerprint density at radius 2 is 1.86 bits per heavy atom. The van der Waals surface area contributed by atoms with E-state index in [-0.39, 0.29) is 0 Å². The van der Waals surface area contributed by atoms with Crippen molar-refractivity contribution in [1.82, 2.24) is 9.88 Å². The van der Waals surface area contributed by atoms with Crippen LogP contribution >= 0.6 is 0 Å². The van der Waals surface area contributed by atoms with E-state index in [4.69, 9.17) is 4.74 Å². The molecule has 0 aliphatic rings. The fraction of sp³-hybridized carbons (Fsp3) is 0.267. The summed E-state index contributed by atoms with van der Waals surface area (Å²) in [6.45, 7) is 1.42. The molecular weight excluding hydrogens is 267 g/mol. The molecule has 6 heteroatoms. The maximum absolute atomic E-state index is 9.28. The van der Waals surface area contributed by atoms with Gasteiger partial charge in [0.25, 0.3) is 0 Å². The maximum Gasteiger partial charge on any atom is 0.488 e. The zero-order valence-corrected chi connectivity index (χ0v) is 12.2. The van der Waals surface area contributed by atoms with Crippen LogP contribution in [0.4, 0.5) is 0 Å². The lowest BCUT2D eigenvalue weighted by atomic mass is 9.79. The molecule has 0 radical (unpaired) electrons. The number of aromatic nitrogens is 1. The Hall–Kier alpha value is -1.89. The normalized spacial score (nSPS) is 10.7. The molecule has 0 atom stereocenters. The summed E-state index contributed by atoms with van der Waals surface area (Å²) in [5.41, 5.74) is 2.55. The zero-order chi connectivity index (χ0) is 15.2. The second-order valence-corrected chi connectivity index (χ2v) is 4.97. The quantitative estimate of drug-likeness (QED) is 0.753. The van der Waals surface area contributed by atoms with E-state index in [1.807, 2.05) is 19.2 Å². The SMILES string of the molecule is COc1ccc(B(O)O)cc1CN(C)Cc1ccncc1. The number of benzene rings is 1. The lowest BCUT2D eigenvalue weighted by molar-refractivity contribution is 0.310. The molecule has 1 aromatic carbocycles. The van der Waals surface area contributed by atoms with Gasteiger partial charge in [-0.05, 0) is 36.3 Å². The van der Waals surface area contributed by atoms with Gasteiger partial charge in [-0.15, -0.1) is 0 Å². The third kappa shape index (κ3) is 4.29. The Morgan fingerprint density at radius 3 is 2.48 bits per heavy atom. The highest BCUT2D eigenvalue weighted by atomic mass is 16.5. The first-order valence-corrected chi connectivity index (χ1v) is 6.70. The molecule has 0 spiro atoms. The van der Waals surface area contributed by atoms with Crippen LogP contribution in [0.25, 0.3) is 0 Å². The van der Waals surface area contributed by atoms with Crippen molar-refractivity contribution < 1.29 is 14.8 Å². The average Bonchev–Trinajstić information content (AvgIpc) is 2.48. The molecule has 2 aromatic rings. The molecule has 0 fully saturated rings. The minimum Gasteiger partial charge on any atom is -0.496 e. The standard InChI is InChI=1S/C15H19BN2O3/c1-18(10-12-5-7-17-8-6-12)11-13-9-14(16(19)20)3-4-15(13)21-2/h3-9,19-20H,10-11H2,1-2H3. The molecule has 0 bridgehead atoms. The van der Waals surface area contributed by atoms with Gasteiger partial charge < -0.3 is 14.8 Å². The number of hydrogen-bond donors (Lipinski definition) is 2. The van der Waals surface area contributed by atoms with Crippen molar-refractivity contribution in [2.75, 3.05) is 14.2 Å². The summed E-state index contributed by atoms with van der Waals surface area (Å²) in [5.74, 6) is 0.737. The number of nitrogens with zero attached hydrogens (tertiary/aromatic N) is 2. The number of hydrogen-bond acceptors (Lipinski definition) is 5. The van der Waals surface area contributed by atoms with Crippen LogP contribution in [0, 0.1) is 0 Å². The van der Waals surface area contributed by atoms with E-state index in [0.717, 1.165) is 17.9 Å². The minimum absolute atomic E-state index is 0.461. The topological polar surface area (TPSA) is 65.8 Å². The van der Waals surface area contributed by atoms with E-state index >= 15 is 0 Å². The first-order valence-electron chi connectivity index (χ1n) is 6.70. The number of pyridine rings is 1. The summed E-state index contributed by atoms with van der Waals surface area (Å²) in [4.78, 5) is 6.13. The number of rotatable bonds is 6. The predicted octanol–water partition coefficient (Wildman–Crippen LogP) is 0.402. The van der Waals surface area contributed by atoms with E-state index in [1.54, 1.807) is 37.7 Å².